The topological polar surface area (TPSA) is 71.8 Å². The summed E-state index contributed by atoms with van der Waals surface area (Å²) in [4.78, 5) is 18.2. The molecule has 0 saturated carbocycles. The summed E-state index contributed by atoms with van der Waals surface area (Å²) in [5.41, 5.74) is 18.8. The Morgan fingerprint density at radius 3 is 1.86 bits per heavy atom. The number of nitrogen functional groups attached to an aromatic ring is 1. The molecule has 9 aromatic carbocycles. The first-order chi connectivity index (χ1) is 31.5. The third kappa shape index (κ3) is 5.56. The molecule has 0 atom stereocenters. The highest BCUT2D eigenvalue weighted by Gasteiger charge is 2.30. The zero-order chi connectivity index (χ0) is 43.1. The van der Waals surface area contributed by atoms with Crippen molar-refractivity contribution < 1.29 is 0 Å². The van der Waals surface area contributed by atoms with E-state index < -0.39 is 0 Å². The number of benzene rings is 9. The van der Waals surface area contributed by atoms with Gasteiger partial charge in [0.05, 0.1) is 33.6 Å². The van der Waals surface area contributed by atoms with Crippen molar-refractivity contribution in [2.24, 2.45) is 4.99 Å². The van der Waals surface area contributed by atoms with Gasteiger partial charge in [0.1, 0.15) is 17.3 Å². The van der Waals surface area contributed by atoms with Crippen LogP contribution in [-0.2, 0) is 0 Å². The molecule has 0 bridgehead atoms. The normalized spacial score (nSPS) is 13.3. The number of rotatable bonds is 6. The molecule has 1 aliphatic rings. The van der Waals surface area contributed by atoms with E-state index in [1.165, 1.54) is 10.8 Å². The van der Waals surface area contributed by atoms with E-state index in [-0.39, 0.29) is 0 Å². The molecular formula is C58H40N6. The monoisotopic (exact) mass is 820 g/mol. The highest BCUT2D eigenvalue weighted by Crippen LogP contribution is 2.47. The average molecular weight is 821 g/mol. The summed E-state index contributed by atoms with van der Waals surface area (Å²) in [5.74, 6) is 1.56. The van der Waals surface area contributed by atoms with E-state index in [0.29, 0.717) is 5.69 Å². The van der Waals surface area contributed by atoms with Crippen molar-refractivity contribution in [3.63, 3.8) is 0 Å². The van der Waals surface area contributed by atoms with E-state index in [4.69, 9.17) is 20.7 Å². The second-order valence-electron chi connectivity index (χ2n) is 16.3. The molecule has 12 rings (SSSR count). The molecule has 2 aromatic heterocycles. The molecule has 0 saturated heterocycles. The highest BCUT2D eigenvalue weighted by atomic mass is 15.2. The van der Waals surface area contributed by atoms with E-state index in [1.807, 2.05) is 30.3 Å². The third-order valence-corrected chi connectivity index (χ3v) is 12.8. The molecule has 1 aliphatic heterocycles. The predicted molar refractivity (Wildman–Crippen MR) is 271 cm³/mol. The van der Waals surface area contributed by atoms with Crippen LogP contribution in [0.15, 0.2) is 206 Å². The summed E-state index contributed by atoms with van der Waals surface area (Å²) in [5, 5.41) is 9.88. The number of aromatic nitrogens is 3. The number of imidazole rings is 1. The molecule has 0 amide bonds. The van der Waals surface area contributed by atoms with Crippen molar-refractivity contribution in [2.45, 2.75) is 6.92 Å². The van der Waals surface area contributed by atoms with Crippen LogP contribution in [0.25, 0.3) is 87.5 Å². The lowest BCUT2D eigenvalue weighted by molar-refractivity contribution is 1.11. The summed E-state index contributed by atoms with van der Waals surface area (Å²) < 4.78 is 2.25. The maximum absolute atomic E-state index is 7.17. The minimum absolute atomic E-state index is 0.681. The van der Waals surface area contributed by atoms with Gasteiger partial charge < -0.3 is 5.73 Å². The fraction of sp³-hybridized carbons (Fsp3) is 0.0172. The van der Waals surface area contributed by atoms with Crippen LogP contribution in [0.3, 0.4) is 0 Å². The van der Waals surface area contributed by atoms with Gasteiger partial charge in [-0.1, -0.05) is 183 Å². The standard InChI is InChI=1S/C58H40N6/c1-4-37(56-61-51-28-16-14-26-49(51)58-62-53-46-23-10-6-19-42(46)44-21-8-12-25-48(44)55(53)64(56)58)30-29-35(2)38-31-33-39(34-32-38)57-60-50-27-15-13-17-40(50)36(3)63(57)54-47-24-11-7-20-43(47)41-18-5-9-22-45(41)52(54)59/h4-34H,2-3,59H2,1H3/b30-29-,37-4+. The van der Waals surface area contributed by atoms with Crippen LogP contribution in [0.2, 0.25) is 0 Å². The maximum Gasteiger partial charge on any atom is 0.149 e. The number of para-hydroxylation sites is 2. The Balaban J connectivity index is 0.952. The van der Waals surface area contributed by atoms with Gasteiger partial charge in [-0.15, -0.1) is 0 Å². The molecular weight excluding hydrogens is 781 g/mol. The average Bonchev–Trinajstić information content (AvgIpc) is 3.77. The minimum Gasteiger partial charge on any atom is -0.397 e. The van der Waals surface area contributed by atoms with Gasteiger partial charge in [0, 0.05) is 49.3 Å². The van der Waals surface area contributed by atoms with Crippen LogP contribution < -0.4 is 10.6 Å². The number of allylic oxidation sites excluding steroid dienone is 5. The Kier molecular flexibility index (Phi) is 8.42. The van der Waals surface area contributed by atoms with Crippen LogP contribution in [0.5, 0.6) is 0 Å². The Bertz CT molecular complexity index is 3900. The number of aliphatic imine (C=N–C) groups is 1. The lowest BCUT2D eigenvalue weighted by Gasteiger charge is -2.34. The van der Waals surface area contributed by atoms with Gasteiger partial charge in [0.15, 0.2) is 0 Å². The molecule has 3 heterocycles. The van der Waals surface area contributed by atoms with E-state index >= 15 is 0 Å². The van der Waals surface area contributed by atoms with Crippen molar-refractivity contribution in [3.8, 4) is 0 Å². The van der Waals surface area contributed by atoms with Crippen molar-refractivity contribution in [1.29, 1.82) is 0 Å². The molecule has 0 unspecified atom stereocenters. The zero-order valence-corrected chi connectivity index (χ0v) is 35.1. The Morgan fingerprint density at radius 1 is 0.578 bits per heavy atom. The quantitative estimate of drug-likeness (QED) is 0.103. The molecule has 0 radical (unpaired) electrons. The summed E-state index contributed by atoms with van der Waals surface area (Å²) in [6.07, 6.45) is 6.30. The van der Waals surface area contributed by atoms with Crippen molar-refractivity contribution >= 4 is 110 Å². The largest absolute Gasteiger partial charge is 0.397 e. The minimum atomic E-state index is 0.681. The number of fused-ring (bicyclic) bond motifs is 14. The Morgan fingerprint density at radius 2 is 1.14 bits per heavy atom. The molecule has 0 spiro atoms. The summed E-state index contributed by atoms with van der Waals surface area (Å²) >= 11 is 0. The molecule has 2 N–H and O–H groups in total. The summed E-state index contributed by atoms with van der Waals surface area (Å²) in [6, 6.07) is 58.7. The van der Waals surface area contributed by atoms with Gasteiger partial charge in [-0.3, -0.25) is 9.30 Å². The van der Waals surface area contributed by atoms with Gasteiger partial charge in [-0.25, -0.2) is 15.0 Å². The van der Waals surface area contributed by atoms with Gasteiger partial charge in [0.2, 0.25) is 0 Å². The number of amidine groups is 1. The third-order valence-electron chi connectivity index (χ3n) is 12.8. The summed E-state index contributed by atoms with van der Waals surface area (Å²) in [7, 11) is 0. The van der Waals surface area contributed by atoms with Gasteiger partial charge in [0.25, 0.3) is 0 Å². The molecule has 64 heavy (non-hydrogen) atoms. The number of hydrogen-bond donors (Lipinski definition) is 1. The second-order valence-corrected chi connectivity index (χ2v) is 16.3. The number of nitrogens with zero attached hydrogens (tertiary/aromatic N) is 5. The maximum atomic E-state index is 7.17. The fourth-order valence-corrected chi connectivity index (χ4v) is 9.68. The van der Waals surface area contributed by atoms with Crippen molar-refractivity contribution in [2.75, 3.05) is 10.6 Å². The van der Waals surface area contributed by atoms with Crippen LogP contribution in [0.1, 0.15) is 29.4 Å². The Labute approximate surface area is 369 Å². The van der Waals surface area contributed by atoms with Gasteiger partial charge in [-0.2, -0.15) is 0 Å². The lowest BCUT2D eigenvalue weighted by Crippen LogP contribution is -2.33. The fourth-order valence-electron chi connectivity index (χ4n) is 9.68. The van der Waals surface area contributed by atoms with Crippen LogP contribution in [0, 0.1) is 0 Å². The van der Waals surface area contributed by atoms with Crippen molar-refractivity contribution in [3.05, 3.63) is 224 Å². The van der Waals surface area contributed by atoms with E-state index in [1.54, 1.807) is 0 Å². The predicted octanol–water partition coefficient (Wildman–Crippen LogP) is 14.5. The zero-order valence-electron chi connectivity index (χ0n) is 35.1. The molecule has 302 valence electrons. The summed E-state index contributed by atoms with van der Waals surface area (Å²) in [6.45, 7) is 11.3. The van der Waals surface area contributed by atoms with Gasteiger partial charge >= 0.3 is 0 Å². The number of nitrogens with two attached hydrogens (primary N) is 1. The van der Waals surface area contributed by atoms with Crippen LogP contribution >= 0.6 is 0 Å². The number of hydrogen-bond acceptors (Lipinski definition) is 5. The Hall–Kier alpha value is -8.61. The first-order valence-corrected chi connectivity index (χ1v) is 21.5. The molecule has 6 nitrogen and oxygen atoms in total. The van der Waals surface area contributed by atoms with Gasteiger partial charge in [-0.05, 0) is 57.8 Å². The lowest BCUT2D eigenvalue weighted by atomic mass is 9.95. The van der Waals surface area contributed by atoms with E-state index in [9.17, 15) is 0 Å². The first kappa shape index (κ1) is 37.2. The van der Waals surface area contributed by atoms with E-state index in [2.05, 4.69) is 187 Å². The molecule has 0 fully saturated rings. The second kappa shape index (κ2) is 14.5. The highest BCUT2D eigenvalue weighted by molar-refractivity contribution is 6.29. The number of anilines is 2. The SMILES string of the molecule is C=C(/C=C\C(=C/C)c1nc2ccccc2c2nc3c4ccccc4c4ccccc4c3n12)c1ccc(C2=Nc3ccccc3C(=C)N2c2c(N)c3ccccc3c3ccccc23)cc1. The van der Waals surface area contributed by atoms with Crippen LogP contribution in [0.4, 0.5) is 17.1 Å². The molecule has 11 aromatic rings. The first-order valence-electron chi connectivity index (χ1n) is 21.5. The van der Waals surface area contributed by atoms with Crippen molar-refractivity contribution in [1.82, 2.24) is 14.4 Å². The van der Waals surface area contributed by atoms with E-state index in [0.717, 1.165) is 116 Å². The van der Waals surface area contributed by atoms with Crippen LogP contribution in [-0.4, -0.2) is 20.2 Å². The molecule has 0 aliphatic carbocycles. The molecule has 6 heteroatoms. The smallest absolute Gasteiger partial charge is 0.149 e.